The number of hydrogen-bond acceptors (Lipinski definition) is 2. The maximum atomic E-state index is 4.48. The molecular formula is C15H27N3. The lowest BCUT2D eigenvalue weighted by atomic mass is 9.83. The lowest BCUT2D eigenvalue weighted by molar-refractivity contribution is 0.452. The molecule has 0 saturated heterocycles. The molecule has 1 fully saturated rings. The molecule has 1 heterocycles. The van der Waals surface area contributed by atoms with Gasteiger partial charge in [0, 0.05) is 18.8 Å². The fraction of sp³-hybridized carbons (Fsp3) is 0.800. The van der Waals surface area contributed by atoms with Crippen LogP contribution in [0.4, 0.5) is 0 Å². The summed E-state index contributed by atoms with van der Waals surface area (Å²) in [6.07, 6.45) is 10.6. The van der Waals surface area contributed by atoms with Crippen molar-refractivity contribution in [2.45, 2.75) is 70.9 Å². The average molecular weight is 249 g/mol. The molecule has 3 nitrogen and oxygen atoms in total. The summed E-state index contributed by atoms with van der Waals surface area (Å²) in [5.74, 6) is 0. The first-order chi connectivity index (χ1) is 8.68. The summed E-state index contributed by atoms with van der Waals surface area (Å²) >= 11 is 0. The first-order valence-corrected chi connectivity index (χ1v) is 7.44. The molecule has 18 heavy (non-hydrogen) atoms. The van der Waals surface area contributed by atoms with Crippen molar-refractivity contribution in [1.82, 2.24) is 15.1 Å². The second kappa shape index (κ2) is 5.87. The standard InChI is InChI=1S/C15H27N3/c1-4-8-16-14-6-7-15(3,10-14)13-11-17-18(12-13)9-5-2/h11-12,14,16H,4-10H2,1-3H3. The lowest BCUT2D eigenvalue weighted by Gasteiger charge is -2.23. The van der Waals surface area contributed by atoms with Gasteiger partial charge in [-0.3, -0.25) is 4.68 Å². The van der Waals surface area contributed by atoms with E-state index in [1.807, 2.05) is 0 Å². The number of aryl methyl sites for hydroxylation is 1. The molecule has 1 aromatic rings. The Morgan fingerprint density at radius 3 is 3.00 bits per heavy atom. The highest BCUT2D eigenvalue weighted by atomic mass is 15.3. The predicted molar refractivity (Wildman–Crippen MR) is 75.8 cm³/mol. The summed E-state index contributed by atoms with van der Waals surface area (Å²) < 4.78 is 2.09. The average Bonchev–Trinajstić information content (AvgIpc) is 2.95. The number of nitrogens with zero attached hydrogens (tertiary/aromatic N) is 2. The Bertz CT molecular complexity index is 372. The maximum Gasteiger partial charge on any atom is 0.0527 e. The minimum absolute atomic E-state index is 0.331. The monoisotopic (exact) mass is 249 g/mol. The molecule has 1 N–H and O–H groups in total. The van der Waals surface area contributed by atoms with Gasteiger partial charge in [-0.15, -0.1) is 0 Å². The van der Waals surface area contributed by atoms with Gasteiger partial charge in [0.2, 0.25) is 0 Å². The van der Waals surface area contributed by atoms with Crippen molar-refractivity contribution in [2.75, 3.05) is 6.54 Å². The van der Waals surface area contributed by atoms with E-state index in [0.29, 0.717) is 11.5 Å². The molecule has 2 atom stereocenters. The van der Waals surface area contributed by atoms with Crippen LogP contribution in [0.3, 0.4) is 0 Å². The van der Waals surface area contributed by atoms with Crippen molar-refractivity contribution in [1.29, 1.82) is 0 Å². The second-order valence-electron chi connectivity index (χ2n) is 5.95. The van der Waals surface area contributed by atoms with Gasteiger partial charge in [-0.25, -0.2) is 0 Å². The number of rotatable bonds is 6. The number of hydrogen-bond donors (Lipinski definition) is 1. The molecule has 0 bridgehead atoms. The van der Waals surface area contributed by atoms with Gasteiger partial charge in [-0.05, 0) is 49.6 Å². The van der Waals surface area contributed by atoms with Gasteiger partial charge >= 0.3 is 0 Å². The zero-order chi connectivity index (χ0) is 13.0. The van der Waals surface area contributed by atoms with Crippen molar-refractivity contribution in [3.8, 4) is 0 Å². The van der Waals surface area contributed by atoms with E-state index in [1.165, 1.54) is 31.2 Å². The zero-order valence-electron chi connectivity index (χ0n) is 12.1. The summed E-state index contributed by atoms with van der Waals surface area (Å²) in [4.78, 5) is 0. The van der Waals surface area contributed by atoms with E-state index in [0.717, 1.165) is 19.5 Å². The van der Waals surface area contributed by atoms with Crippen LogP contribution in [0.1, 0.15) is 58.4 Å². The molecule has 0 amide bonds. The summed E-state index contributed by atoms with van der Waals surface area (Å²) in [7, 11) is 0. The van der Waals surface area contributed by atoms with Crippen molar-refractivity contribution in [2.24, 2.45) is 0 Å². The molecule has 1 aromatic heterocycles. The molecule has 102 valence electrons. The van der Waals surface area contributed by atoms with Gasteiger partial charge in [-0.2, -0.15) is 5.10 Å². The van der Waals surface area contributed by atoms with E-state index in [1.54, 1.807) is 0 Å². The number of aromatic nitrogens is 2. The third kappa shape index (κ3) is 2.94. The van der Waals surface area contributed by atoms with Crippen LogP contribution in [-0.2, 0) is 12.0 Å². The van der Waals surface area contributed by atoms with Gasteiger partial charge in [0.15, 0.2) is 0 Å². The van der Waals surface area contributed by atoms with E-state index in [9.17, 15) is 0 Å². The van der Waals surface area contributed by atoms with Gasteiger partial charge in [0.05, 0.1) is 6.20 Å². The second-order valence-corrected chi connectivity index (χ2v) is 5.95. The van der Waals surface area contributed by atoms with Crippen molar-refractivity contribution >= 4 is 0 Å². The molecule has 2 rings (SSSR count). The van der Waals surface area contributed by atoms with Gasteiger partial charge in [0.1, 0.15) is 0 Å². The Balaban J connectivity index is 1.98. The van der Waals surface area contributed by atoms with Crippen molar-refractivity contribution in [3.63, 3.8) is 0 Å². The Morgan fingerprint density at radius 1 is 1.44 bits per heavy atom. The van der Waals surface area contributed by atoms with Crippen molar-refractivity contribution < 1.29 is 0 Å². The summed E-state index contributed by atoms with van der Waals surface area (Å²) in [6, 6.07) is 0.699. The minimum Gasteiger partial charge on any atom is -0.314 e. The molecule has 1 aliphatic carbocycles. The van der Waals surface area contributed by atoms with Crippen molar-refractivity contribution in [3.05, 3.63) is 18.0 Å². The Labute approximate surface area is 111 Å². The fourth-order valence-corrected chi connectivity index (χ4v) is 3.05. The molecule has 0 aliphatic heterocycles. The zero-order valence-corrected chi connectivity index (χ0v) is 12.1. The maximum absolute atomic E-state index is 4.48. The van der Waals surface area contributed by atoms with E-state index < -0.39 is 0 Å². The molecule has 1 aliphatic rings. The fourth-order valence-electron chi connectivity index (χ4n) is 3.05. The van der Waals surface area contributed by atoms with E-state index in [-0.39, 0.29) is 0 Å². The van der Waals surface area contributed by atoms with Crippen LogP contribution in [-0.4, -0.2) is 22.4 Å². The molecular weight excluding hydrogens is 222 g/mol. The van der Waals surface area contributed by atoms with Crippen LogP contribution in [0.2, 0.25) is 0 Å². The van der Waals surface area contributed by atoms with E-state index in [4.69, 9.17) is 0 Å². The SMILES string of the molecule is CCCNC1CCC(C)(c2cnn(CCC)c2)C1. The van der Waals surface area contributed by atoms with Crippen LogP contribution in [0.15, 0.2) is 12.4 Å². The van der Waals surface area contributed by atoms with Gasteiger partial charge in [0.25, 0.3) is 0 Å². The first-order valence-electron chi connectivity index (χ1n) is 7.44. The normalized spacial score (nSPS) is 27.8. The highest BCUT2D eigenvalue weighted by Crippen LogP contribution is 2.40. The summed E-state index contributed by atoms with van der Waals surface area (Å²) in [5, 5.41) is 8.14. The lowest BCUT2D eigenvalue weighted by Crippen LogP contribution is -2.29. The van der Waals surface area contributed by atoms with Crippen LogP contribution >= 0.6 is 0 Å². The molecule has 0 spiro atoms. The molecule has 0 radical (unpaired) electrons. The Kier molecular flexibility index (Phi) is 4.44. The molecule has 1 saturated carbocycles. The minimum atomic E-state index is 0.331. The van der Waals surface area contributed by atoms with Crippen LogP contribution in [0.25, 0.3) is 0 Å². The van der Waals surface area contributed by atoms with Gasteiger partial charge < -0.3 is 5.32 Å². The Morgan fingerprint density at radius 2 is 2.28 bits per heavy atom. The first kappa shape index (κ1) is 13.6. The summed E-state index contributed by atoms with van der Waals surface area (Å²) in [6.45, 7) is 9.01. The quantitative estimate of drug-likeness (QED) is 0.839. The highest BCUT2D eigenvalue weighted by molar-refractivity contribution is 5.21. The highest BCUT2D eigenvalue weighted by Gasteiger charge is 2.36. The third-order valence-electron chi connectivity index (χ3n) is 4.21. The van der Waals surface area contributed by atoms with E-state index >= 15 is 0 Å². The van der Waals surface area contributed by atoms with Crippen LogP contribution in [0.5, 0.6) is 0 Å². The van der Waals surface area contributed by atoms with Crippen LogP contribution in [0, 0.1) is 0 Å². The molecule has 0 aromatic carbocycles. The predicted octanol–water partition coefficient (Wildman–Crippen LogP) is 3.10. The molecule has 2 unspecified atom stereocenters. The summed E-state index contributed by atoms with van der Waals surface area (Å²) in [5.41, 5.74) is 1.76. The number of nitrogens with one attached hydrogen (secondary N) is 1. The molecule has 3 heteroatoms. The third-order valence-corrected chi connectivity index (χ3v) is 4.21. The van der Waals surface area contributed by atoms with Crippen LogP contribution < -0.4 is 5.32 Å². The van der Waals surface area contributed by atoms with E-state index in [2.05, 4.69) is 48.3 Å². The smallest absolute Gasteiger partial charge is 0.0527 e. The Hall–Kier alpha value is -0.830. The largest absolute Gasteiger partial charge is 0.314 e. The topological polar surface area (TPSA) is 29.9 Å². The van der Waals surface area contributed by atoms with Gasteiger partial charge in [-0.1, -0.05) is 20.8 Å².